The van der Waals surface area contributed by atoms with Crippen molar-refractivity contribution in [3.05, 3.63) is 34.9 Å². The van der Waals surface area contributed by atoms with E-state index >= 15 is 0 Å². The second-order valence-corrected chi connectivity index (χ2v) is 5.59. The molecule has 1 aromatic heterocycles. The van der Waals surface area contributed by atoms with Crippen molar-refractivity contribution < 1.29 is 0 Å². The van der Waals surface area contributed by atoms with Gasteiger partial charge < -0.3 is 14.8 Å². The van der Waals surface area contributed by atoms with E-state index < -0.39 is 0 Å². The van der Waals surface area contributed by atoms with Crippen LogP contribution in [-0.2, 0) is 6.54 Å². The van der Waals surface area contributed by atoms with Gasteiger partial charge in [0, 0.05) is 47.8 Å². The van der Waals surface area contributed by atoms with E-state index in [1.807, 2.05) is 0 Å². The standard InChI is InChI=1S/C14H20BrN3/c1-17(2)10-7-16-8-11-18-9-6-12-13(15)4-3-5-14(12)18/h3-6,9,16H,7-8,10-11H2,1-2H3. The molecule has 4 heteroatoms. The van der Waals surface area contributed by atoms with Gasteiger partial charge in [0.15, 0.2) is 0 Å². The van der Waals surface area contributed by atoms with Gasteiger partial charge >= 0.3 is 0 Å². The number of fused-ring (bicyclic) bond motifs is 1. The highest BCUT2D eigenvalue weighted by Crippen LogP contribution is 2.24. The molecule has 2 rings (SSSR count). The second kappa shape index (κ2) is 6.36. The van der Waals surface area contributed by atoms with Gasteiger partial charge in [-0.25, -0.2) is 0 Å². The number of hydrogen-bond donors (Lipinski definition) is 1. The first kappa shape index (κ1) is 13.6. The SMILES string of the molecule is CN(C)CCNCCn1ccc2c(Br)cccc21. The predicted octanol–water partition coefficient (Wildman–Crippen LogP) is 2.56. The number of likely N-dealkylation sites (N-methyl/N-ethyl adjacent to an activating group) is 1. The summed E-state index contributed by atoms with van der Waals surface area (Å²) in [6.45, 7) is 4.13. The van der Waals surface area contributed by atoms with Crippen LogP contribution in [0.4, 0.5) is 0 Å². The van der Waals surface area contributed by atoms with E-state index in [1.54, 1.807) is 0 Å². The lowest BCUT2D eigenvalue weighted by Crippen LogP contribution is -2.28. The summed E-state index contributed by atoms with van der Waals surface area (Å²) < 4.78 is 3.46. The number of hydrogen-bond acceptors (Lipinski definition) is 2. The third-order valence-corrected chi connectivity index (χ3v) is 3.72. The van der Waals surface area contributed by atoms with Crippen molar-refractivity contribution >= 4 is 26.8 Å². The second-order valence-electron chi connectivity index (χ2n) is 4.74. The Hall–Kier alpha value is -0.840. The highest BCUT2D eigenvalue weighted by atomic mass is 79.9. The summed E-state index contributed by atoms with van der Waals surface area (Å²) in [7, 11) is 4.19. The number of nitrogens with one attached hydrogen (secondary N) is 1. The Kier molecular flexibility index (Phi) is 4.80. The summed E-state index contributed by atoms with van der Waals surface area (Å²) in [5, 5.41) is 4.74. The van der Waals surface area contributed by atoms with E-state index in [4.69, 9.17) is 0 Å². The van der Waals surface area contributed by atoms with Crippen LogP contribution in [-0.4, -0.2) is 43.2 Å². The Balaban J connectivity index is 1.90. The van der Waals surface area contributed by atoms with Gasteiger partial charge in [-0.2, -0.15) is 0 Å². The van der Waals surface area contributed by atoms with Crippen LogP contribution >= 0.6 is 15.9 Å². The van der Waals surface area contributed by atoms with E-state index in [0.29, 0.717) is 0 Å². The first-order valence-corrected chi connectivity index (χ1v) is 7.06. The Bertz CT molecular complexity index is 505. The van der Waals surface area contributed by atoms with E-state index in [9.17, 15) is 0 Å². The van der Waals surface area contributed by atoms with Crippen molar-refractivity contribution in [2.75, 3.05) is 33.7 Å². The maximum absolute atomic E-state index is 3.58. The molecule has 98 valence electrons. The highest BCUT2D eigenvalue weighted by Gasteiger charge is 2.02. The fraction of sp³-hybridized carbons (Fsp3) is 0.429. The molecular formula is C14H20BrN3. The number of rotatable bonds is 6. The van der Waals surface area contributed by atoms with Crippen LogP contribution in [0, 0.1) is 0 Å². The van der Waals surface area contributed by atoms with Crippen molar-refractivity contribution in [1.29, 1.82) is 0 Å². The summed E-state index contributed by atoms with van der Waals surface area (Å²) in [5.41, 5.74) is 1.29. The molecule has 0 unspecified atom stereocenters. The van der Waals surface area contributed by atoms with Gasteiger partial charge in [-0.15, -0.1) is 0 Å². The number of aromatic nitrogens is 1. The Morgan fingerprint density at radius 2 is 2.06 bits per heavy atom. The van der Waals surface area contributed by atoms with Crippen LogP contribution in [0.5, 0.6) is 0 Å². The first-order chi connectivity index (χ1) is 8.68. The molecule has 1 N–H and O–H groups in total. The summed E-state index contributed by atoms with van der Waals surface area (Å²) in [6.07, 6.45) is 2.16. The lowest BCUT2D eigenvalue weighted by Gasteiger charge is -2.11. The molecule has 18 heavy (non-hydrogen) atoms. The van der Waals surface area contributed by atoms with Crippen LogP contribution < -0.4 is 5.32 Å². The van der Waals surface area contributed by atoms with Crippen LogP contribution in [0.25, 0.3) is 10.9 Å². The average molecular weight is 310 g/mol. The van der Waals surface area contributed by atoms with Crippen molar-refractivity contribution in [2.24, 2.45) is 0 Å². The zero-order chi connectivity index (χ0) is 13.0. The Labute approximate surface area is 117 Å². The molecular weight excluding hydrogens is 290 g/mol. The van der Waals surface area contributed by atoms with E-state index in [-0.39, 0.29) is 0 Å². The largest absolute Gasteiger partial charge is 0.346 e. The molecule has 1 aromatic carbocycles. The summed E-state index contributed by atoms with van der Waals surface area (Å²) in [5.74, 6) is 0. The Morgan fingerprint density at radius 1 is 1.22 bits per heavy atom. The monoisotopic (exact) mass is 309 g/mol. The predicted molar refractivity (Wildman–Crippen MR) is 81.1 cm³/mol. The van der Waals surface area contributed by atoms with Crippen molar-refractivity contribution in [1.82, 2.24) is 14.8 Å². The summed E-state index contributed by atoms with van der Waals surface area (Å²) >= 11 is 3.58. The molecule has 0 aliphatic carbocycles. The van der Waals surface area contributed by atoms with Gasteiger partial charge in [-0.1, -0.05) is 22.0 Å². The van der Waals surface area contributed by atoms with E-state index in [0.717, 1.165) is 26.2 Å². The minimum absolute atomic E-state index is 1.00. The quantitative estimate of drug-likeness (QED) is 0.828. The molecule has 0 aliphatic rings. The molecule has 0 atom stereocenters. The summed E-state index contributed by atoms with van der Waals surface area (Å²) in [6, 6.07) is 8.50. The van der Waals surface area contributed by atoms with Gasteiger partial charge in [0.05, 0.1) is 0 Å². The maximum Gasteiger partial charge on any atom is 0.0492 e. The van der Waals surface area contributed by atoms with Gasteiger partial charge in [0.2, 0.25) is 0 Å². The van der Waals surface area contributed by atoms with Crippen LogP contribution in [0.3, 0.4) is 0 Å². The summed E-state index contributed by atoms with van der Waals surface area (Å²) in [4.78, 5) is 2.19. The molecule has 2 aromatic rings. The van der Waals surface area contributed by atoms with Crippen LogP contribution in [0.1, 0.15) is 0 Å². The number of benzene rings is 1. The fourth-order valence-electron chi connectivity index (χ4n) is 2.01. The molecule has 0 spiro atoms. The molecule has 0 amide bonds. The highest BCUT2D eigenvalue weighted by molar-refractivity contribution is 9.10. The topological polar surface area (TPSA) is 20.2 Å². The van der Waals surface area contributed by atoms with Crippen LogP contribution in [0.2, 0.25) is 0 Å². The lowest BCUT2D eigenvalue weighted by molar-refractivity contribution is 0.398. The minimum Gasteiger partial charge on any atom is -0.346 e. The van der Waals surface area contributed by atoms with E-state index in [2.05, 4.69) is 75.3 Å². The molecule has 0 radical (unpaired) electrons. The van der Waals surface area contributed by atoms with Gasteiger partial charge in [0.1, 0.15) is 0 Å². The van der Waals surface area contributed by atoms with Crippen molar-refractivity contribution in [2.45, 2.75) is 6.54 Å². The molecule has 0 bridgehead atoms. The average Bonchev–Trinajstić information content (AvgIpc) is 2.73. The van der Waals surface area contributed by atoms with Gasteiger partial charge in [-0.3, -0.25) is 0 Å². The van der Waals surface area contributed by atoms with E-state index in [1.165, 1.54) is 15.4 Å². The first-order valence-electron chi connectivity index (χ1n) is 6.27. The molecule has 1 heterocycles. The maximum atomic E-state index is 3.58. The van der Waals surface area contributed by atoms with Crippen LogP contribution in [0.15, 0.2) is 34.9 Å². The molecule has 3 nitrogen and oxygen atoms in total. The molecule has 0 saturated heterocycles. The van der Waals surface area contributed by atoms with Crippen molar-refractivity contribution in [3.63, 3.8) is 0 Å². The van der Waals surface area contributed by atoms with Gasteiger partial charge in [-0.05, 0) is 32.3 Å². The number of halogens is 1. The fourth-order valence-corrected chi connectivity index (χ4v) is 2.50. The third kappa shape index (κ3) is 3.34. The zero-order valence-corrected chi connectivity index (χ0v) is 12.6. The lowest BCUT2D eigenvalue weighted by atomic mass is 10.2. The number of nitrogens with zero attached hydrogens (tertiary/aromatic N) is 2. The Morgan fingerprint density at radius 3 is 2.83 bits per heavy atom. The molecule has 0 saturated carbocycles. The smallest absolute Gasteiger partial charge is 0.0492 e. The van der Waals surface area contributed by atoms with Gasteiger partial charge in [0.25, 0.3) is 0 Å². The minimum atomic E-state index is 1.00. The normalized spacial score (nSPS) is 11.6. The van der Waals surface area contributed by atoms with Crippen molar-refractivity contribution in [3.8, 4) is 0 Å². The third-order valence-electron chi connectivity index (χ3n) is 3.03. The molecule has 0 fully saturated rings. The molecule has 0 aliphatic heterocycles. The zero-order valence-electron chi connectivity index (χ0n) is 11.0.